The number of ether oxygens (including phenoxy) is 2. The number of esters is 1. The maximum atomic E-state index is 12.5. The summed E-state index contributed by atoms with van der Waals surface area (Å²) < 4.78 is 33.1. The first kappa shape index (κ1) is 46.2. The number of phosphoric ester groups is 1. The molecule has 4 N–H and O–H groups in total. The van der Waals surface area contributed by atoms with Gasteiger partial charge in [-0.1, -0.05) is 134 Å². The molecule has 0 aromatic carbocycles. The predicted molar refractivity (Wildman–Crippen MR) is 194 cm³/mol. The number of carbonyl (C=O) groups is 2. The Bertz CT molecular complexity index is 909. The Labute approximate surface area is 291 Å². The number of allylic oxidation sites excluding steroid dienone is 6. The molecule has 3 atom stereocenters. The Morgan fingerprint density at radius 2 is 1.21 bits per heavy atom. The summed E-state index contributed by atoms with van der Waals surface area (Å²) in [6, 6.07) is -1.47. The van der Waals surface area contributed by atoms with E-state index in [1.807, 2.05) is 0 Å². The molecular weight excluding hydrogens is 633 g/mol. The van der Waals surface area contributed by atoms with Crippen LogP contribution in [0.1, 0.15) is 149 Å². The van der Waals surface area contributed by atoms with E-state index in [0.717, 1.165) is 64.2 Å². The molecule has 280 valence electrons. The van der Waals surface area contributed by atoms with Gasteiger partial charge in [-0.3, -0.25) is 18.6 Å². The third-order valence-electron chi connectivity index (χ3n) is 7.68. The Balaban J connectivity index is 4.22. The summed E-state index contributed by atoms with van der Waals surface area (Å²) in [5, 5.41) is 8.84. The summed E-state index contributed by atoms with van der Waals surface area (Å²) in [5.74, 6) is -1.79. The number of carbonyl (C=O) groups excluding carboxylic acids is 1. The molecule has 0 aliphatic heterocycles. The van der Waals surface area contributed by atoms with Gasteiger partial charge in [0, 0.05) is 13.0 Å². The molecule has 0 aromatic heterocycles. The van der Waals surface area contributed by atoms with Crippen LogP contribution in [-0.2, 0) is 32.7 Å². The van der Waals surface area contributed by atoms with E-state index in [2.05, 4.69) is 54.8 Å². The van der Waals surface area contributed by atoms with Crippen molar-refractivity contribution in [3.05, 3.63) is 36.5 Å². The molecule has 0 saturated heterocycles. The quantitative estimate of drug-likeness (QED) is 0.0252. The molecule has 0 aliphatic carbocycles. The van der Waals surface area contributed by atoms with E-state index in [1.54, 1.807) is 0 Å². The number of phosphoric acid groups is 1. The van der Waals surface area contributed by atoms with Crippen molar-refractivity contribution in [1.29, 1.82) is 0 Å². The van der Waals surface area contributed by atoms with Gasteiger partial charge in [0.05, 0.1) is 19.8 Å². The van der Waals surface area contributed by atoms with Crippen LogP contribution >= 0.6 is 7.82 Å². The number of hydrogen-bond donors (Lipinski definition) is 3. The maximum Gasteiger partial charge on any atom is 0.472 e. The molecule has 11 heteroatoms. The van der Waals surface area contributed by atoms with E-state index in [-0.39, 0.29) is 13.0 Å². The highest BCUT2D eigenvalue weighted by Crippen LogP contribution is 2.43. The number of unbranched alkanes of at least 4 members (excludes halogenated alkanes) is 15. The minimum absolute atomic E-state index is 0.0127. The molecule has 48 heavy (non-hydrogen) atoms. The Morgan fingerprint density at radius 3 is 1.81 bits per heavy atom. The molecule has 0 bridgehead atoms. The van der Waals surface area contributed by atoms with Crippen LogP contribution in [0.25, 0.3) is 0 Å². The Kier molecular flexibility index (Phi) is 32.4. The molecule has 0 rings (SSSR count). The topological polar surface area (TPSA) is 155 Å². The van der Waals surface area contributed by atoms with Crippen LogP contribution in [-0.4, -0.2) is 60.5 Å². The van der Waals surface area contributed by atoms with Gasteiger partial charge in [-0.05, 0) is 44.9 Å². The van der Waals surface area contributed by atoms with E-state index in [4.69, 9.17) is 24.8 Å². The molecule has 0 aromatic rings. The number of aliphatic carboxylic acids is 1. The minimum atomic E-state index is -4.60. The van der Waals surface area contributed by atoms with Crippen molar-refractivity contribution in [2.24, 2.45) is 5.73 Å². The van der Waals surface area contributed by atoms with Gasteiger partial charge in [0.25, 0.3) is 0 Å². The zero-order valence-corrected chi connectivity index (χ0v) is 31.0. The molecule has 0 spiro atoms. The second-order valence-electron chi connectivity index (χ2n) is 12.3. The van der Waals surface area contributed by atoms with Crippen LogP contribution in [0.4, 0.5) is 0 Å². The largest absolute Gasteiger partial charge is 0.480 e. The van der Waals surface area contributed by atoms with Crippen LogP contribution in [0.2, 0.25) is 0 Å². The standard InChI is InChI=1S/C37H68NO9P/c1-3-5-7-9-11-13-14-15-16-17-18-19-20-21-22-24-26-28-30-44-31-34(32-45-48(42,43)46-33-35(38)37(40)41)47-36(39)29-27-25-23-12-10-8-6-4-2/h5,7,11,13,15-16,34-35H,3-4,6,8-10,12,14,17-33,38H2,1-2H3,(H,40,41)(H,42,43)/b7-5-,13-11-,16-15-. The van der Waals surface area contributed by atoms with Crippen molar-refractivity contribution < 1.29 is 42.7 Å². The number of rotatable bonds is 35. The van der Waals surface area contributed by atoms with E-state index in [9.17, 15) is 19.0 Å². The highest BCUT2D eigenvalue weighted by Gasteiger charge is 2.27. The normalized spacial score (nSPS) is 14.6. The van der Waals surface area contributed by atoms with Crippen molar-refractivity contribution in [1.82, 2.24) is 0 Å². The summed E-state index contributed by atoms with van der Waals surface area (Å²) in [6.07, 6.45) is 35.0. The number of hydrogen-bond acceptors (Lipinski definition) is 8. The van der Waals surface area contributed by atoms with Gasteiger partial charge in [0.1, 0.15) is 12.1 Å². The van der Waals surface area contributed by atoms with Crippen molar-refractivity contribution >= 4 is 19.8 Å². The van der Waals surface area contributed by atoms with Gasteiger partial charge in [-0.15, -0.1) is 0 Å². The third-order valence-corrected chi connectivity index (χ3v) is 8.63. The fraction of sp³-hybridized carbons (Fsp3) is 0.784. The first-order chi connectivity index (χ1) is 23.2. The lowest BCUT2D eigenvalue weighted by atomic mass is 10.1. The summed E-state index contributed by atoms with van der Waals surface area (Å²) >= 11 is 0. The van der Waals surface area contributed by atoms with Gasteiger partial charge in [0.15, 0.2) is 0 Å². The second-order valence-corrected chi connectivity index (χ2v) is 13.8. The van der Waals surface area contributed by atoms with Crippen LogP contribution in [0, 0.1) is 0 Å². The summed E-state index contributed by atoms with van der Waals surface area (Å²) in [5.41, 5.74) is 5.32. The smallest absolute Gasteiger partial charge is 0.472 e. The van der Waals surface area contributed by atoms with E-state index in [0.29, 0.717) is 13.0 Å². The molecule has 0 aliphatic rings. The average Bonchev–Trinajstić information content (AvgIpc) is 3.06. The zero-order chi connectivity index (χ0) is 35.6. The highest BCUT2D eigenvalue weighted by atomic mass is 31.2. The lowest BCUT2D eigenvalue weighted by Gasteiger charge is -2.20. The first-order valence-corrected chi connectivity index (χ1v) is 20.0. The fourth-order valence-corrected chi connectivity index (χ4v) is 5.57. The summed E-state index contributed by atoms with van der Waals surface area (Å²) in [7, 11) is -4.60. The number of nitrogens with two attached hydrogens (primary N) is 1. The molecule has 0 saturated carbocycles. The lowest BCUT2D eigenvalue weighted by Crippen LogP contribution is -2.34. The molecule has 0 amide bonds. The van der Waals surface area contributed by atoms with E-state index >= 15 is 0 Å². The summed E-state index contributed by atoms with van der Waals surface area (Å²) in [6.45, 7) is 3.70. The van der Waals surface area contributed by atoms with Crippen molar-refractivity contribution in [3.63, 3.8) is 0 Å². The van der Waals surface area contributed by atoms with E-state index < -0.39 is 45.1 Å². The SMILES string of the molecule is CC/C=C\C/C=C\C/C=C\CCCCCCCCCCOCC(COP(=O)(O)OCC(N)C(=O)O)OC(=O)CCCCCCCCCC. The average molecular weight is 702 g/mol. The van der Waals surface area contributed by atoms with Crippen molar-refractivity contribution in [3.8, 4) is 0 Å². The van der Waals surface area contributed by atoms with Crippen LogP contribution in [0.3, 0.4) is 0 Å². The van der Waals surface area contributed by atoms with Crippen LogP contribution in [0.5, 0.6) is 0 Å². The number of carboxylic acid groups (broad SMARTS) is 1. The lowest BCUT2D eigenvalue weighted by molar-refractivity contribution is -0.154. The summed E-state index contributed by atoms with van der Waals surface area (Å²) in [4.78, 5) is 33.2. The molecule has 0 radical (unpaired) electrons. The van der Waals surface area contributed by atoms with Crippen molar-refractivity contribution in [2.75, 3.05) is 26.4 Å². The van der Waals surface area contributed by atoms with Gasteiger partial charge < -0.3 is 25.2 Å². The maximum absolute atomic E-state index is 12.5. The molecule has 0 heterocycles. The van der Waals surface area contributed by atoms with Gasteiger partial charge in [0.2, 0.25) is 0 Å². The van der Waals surface area contributed by atoms with Crippen molar-refractivity contribution in [2.45, 2.75) is 161 Å². The first-order valence-electron chi connectivity index (χ1n) is 18.5. The fourth-order valence-electron chi connectivity index (χ4n) is 4.79. The molecule has 10 nitrogen and oxygen atoms in total. The van der Waals surface area contributed by atoms with E-state index in [1.165, 1.54) is 57.8 Å². The molecule has 3 unspecified atom stereocenters. The van der Waals surface area contributed by atoms with Crippen LogP contribution < -0.4 is 5.73 Å². The predicted octanol–water partition coefficient (Wildman–Crippen LogP) is 9.36. The highest BCUT2D eigenvalue weighted by molar-refractivity contribution is 7.47. The monoisotopic (exact) mass is 701 g/mol. The van der Waals surface area contributed by atoms with Crippen LogP contribution in [0.15, 0.2) is 36.5 Å². The Morgan fingerprint density at radius 1 is 0.688 bits per heavy atom. The van der Waals surface area contributed by atoms with Gasteiger partial charge in [-0.25, -0.2) is 4.57 Å². The Hall–Kier alpha value is -1.81. The number of carboxylic acids is 1. The zero-order valence-electron chi connectivity index (χ0n) is 30.1. The second kappa shape index (κ2) is 33.7. The minimum Gasteiger partial charge on any atom is -0.480 e. The van der Waals surface area contributed by atoms with Gasteiger partial charge >= 0.3 is 19.8 Å². The molecular formula is C37H68NO9P. The van der Waals surface area contributed by atoms with Gasteiger partial charge in [-0.2, -0.15) is 0 Å². The third kappa shape index (κ3) is 32.7. The molecule has 0 fully saturated rings.